The van der Waals surface area contributed by atoms with E-state index in [1.165, 1.54) is 0 Å². The van der Waals surface area contributed by atoms with Gasteiger partial charge >= 0.3 is 0 Å². The molecule has 0 aromatic heterocycles. The number of rotatable bonds is 8. The summed E-state index contributed by atoms with van der Waals surface area (Å²) in [6.45, 7) is 1.15. The lowest BCUT2D eigenvalue weighted by Gasteiger charge is -2.14. The molecule has 154 valence electrons. The van der Waals surface area contributed by atoms with Crippen LogP contribution in [0.3, 0.4) is 0 Å². The summed E-state index contributed by atoms with van der Waals surface area (Å²) in [6.07, 6.45) is 5.10. The molecule has 2 aliphatic rings. The lowest BCUT2D eigenvalue weighted by Crippen LogP contribution is -2.32. The van der Waals surface area contributed by atoms with E-state index in [4.69, 9.17) is 4.74 Å². The minimum atomic E-state index is -3.25. The Bertz CT molecular complexity index is 797. The van der Waals surface area contributed by atoms with E-state index in [1.54, 1.807) is 24.3 Å². The normalized spacial score (nSPS) is 20.2. The number of sulfone groups is 1. The topological polar surface area (TPSA) is 102 Å². The van der Waals surface area contributed by atoms with Gasteiger partial charge in [-0.05, 0) is 37.8 Å². The van der Waals surface area contributed by atoms with Gasteiger partial charge in [0, 0.05) is 19.6 Å². The Morgan fingerprint density at radius 2 is 1.82 bits per heavy atom. The van der Waals surface area contributed by atoms with Gasteiger partial charge < -0.3 is 15.4 Å². The predicted molar refractivity (Wildman–Crippen MR) is 107 cm³/mol. The summed E-state index contributed by atoms with van der Waals surface area (Å²) < 4.78 is 30.1. The summed E-state index contributed by atoms with van der Waals surface area (Å²) >= 11 is 0. The molecular formula is C20H28N2O5S. The Balaban J connectivity index is 1.54. The van der Waals surface area contributed by atoms with Gasteiger partial charge in [0.25, 0.3) is 5.91 Å². The predicted octanol–water partition coefficient (Wildman–Crippen LogP) is 2.28. The fourth-order valence-electron chi connectivity index (χ4n) is 3.76. The highest BCUT2D eigenvalue weighted by Crippen LogP contribution is 2.25. The van der Waals surface area contributed by atoms with Crippen LogP contribution in [0.25, 0.3) is 0 Å². The van der Waals surface area contributed by atoms with Gasteiger partial charge in [0.05, 0.1) is 28.4 Å². The first kappa shape index (κ1) is 20.8. The molecule has 1 atom stereocenters. The number of benzene rings is 1. The maximum absolute atomic E-state index is 12.5. The fourth-order valence-corrected chi connectivity index (χ4v) is 5.61. The van der Waals surface area contributed by atoms with Crippen molar-refractivity contribution >= 4 is 27.3 Å². The molecule has 28 heavy (non-hydrogen) atoms. The second-order valence-corrected chi connectivity index (χ2v) is 9.86. The summed E-state index contributed by atoms with van der Waals surface area (Å²) in [7, 11) is -3.25. The molecule has 1 aliphatic carbocycles. The van der Waals surface area contributed by atoms with Crippen molar-refractivity contribution in [1.29, 1.82) is 0 Å². The molecule has 2 fully saturated rings. The van der Waals surface area contributed by atoms with E-state index in [2.05, 4.69) is 10.6 Å². The van der Waals surface area contributed by atoms with Crippen LogP contribution in [0.15, 0.2) is 24.3 Å². The fraction of sp³-hybridized carbons (Fsp3) is 0.600. The molecular weight excluding hydrogens is 380 g/mol. The van der Waals surface area contributed by atoms with Crippen LogP contribution in [0.5, 0.6) is 0 Å². The summed E-state index contributed by atoms with van der Waals surface area (Å²) in [5.41, 5.74) is 0.739. The van der Waals surface area contributed by atoms with Crippen molar-refractivity contribution in [1.82, 2.24) is 5.32 Å². The summed E-state index contributed by atoms with van der Waals surface area (Å²) in [5, 5.41) is 5.21. The number of hydrogen-bond acceptors (Lipinski definition) is 5. The second kappa shape index (κ2) is 9.52. The lowest BCUT2D eigenvalue weighted by molar-refractivity contribution is -0.115. The van der Waals surface area contributed by atoms with E-state index in [9.17, 15) is 18.0 Å². The van der Waals surface area contributed by atoms with Crippen molar-refractivity contribution in [2.75, 3.05) is 24.2 Å². The van der Waals surface area contributed by atoms with Crippen LogP contribution in [0, 0.1) is 0 Å². The minimum absolute atomic E-state index is 0.0338. The monoisotopic (exact) mass is 408 g/mol. The van der Waals surface area contributed by atoms with Gasteiger partial charge in [0.1, 0.15) is 0 Å². The van der Waals surface area contributed by atoms with Crippen LogP contribution < -0.4 is 10.6 Å². The highest BCUT2D eigenvalue weighted by molar-refractivity contribution is 7.92. The maximum atomic E-state index is 12.5. The first-order chi connectivity index (χ1) is 13.5. The number of ether oxygens (including phenoxy) is 1. The van der Waals surface area contributed by atoms with E-state index < -0.39 is 15.7 Å². The van der Waals surface area contributed by atoms with Gasteiger partial charge in [-0.3, -0.25) is 9.59 Å². The summed E-state index contributed by atoms with van der Waals surface area (Å²) in [4.78, 5) is 24.8. The zero-order chi connectivity index (χ0) is 20.0. The first-order valence-corrected chi connectivity index (χ1v) is 11.7. The number of anilines is 1. The van der Waals surface area contributed by atoms with Crippen LogP contribution in [-0.4, -0.2) is 50.5 Å². The Labute approximate surface area is 166 Å². The van der Waals surface area contributed by atoms with Crippen molar-refractivity contribution in [3.05, 3.63) is 29.8 Å². The van der Waals surface area contributed by atoms with Crippen LogP contribution in [0.2, 0.25) is 0 Å². The molecule has 1 saturated heterocycles. The smallest absolute Gasteiger partial charge is 0.253 e. The minimum Gasteiger partial charge on any atom is -0.376 e. The van der Waals surface area contributed by atoms with E-state index in [0.29, 0.717) is 30.6 Å². The Morgan fingerprint density at radius 3 is 2.54 bits per heavy atom. The summed E-state index contributed by atoms with van der Waals surface area (Å²) in [6, 6.07) is 6.73. The first-order valence-electron chi connectivity index (χ1n) is 9.96. The van der Waals surface area contributed by atoms with Gasteiger partial charge in [-0.2, -0.15) is 0 Å². The molecule has 1 aromatic rings. The lowest BCUT2D eigenvalue weighted by atomic mass is 10.1. The molecule has 3 rings (SSSR count). The largest absolute Gasteiger partial charge is 0.376 e. The SMILES string of the molecule is O=C(CCS(=O)(=O)C1CCCC1)Nc1ccccc1C(=O)NCC1CCCO1. The molecule has 1 aliphatic heterocycles. The molecule has 1 saturated carbocycles. The zero-order valence-electron chi connectivity index (χ0n) is 16.0. The third kappa shape index (κ3) is 5.54. The van der Waals surface area contributed by atoms with Crippen LogP contribution in [-0.2, 0) is 19.4 Å². The van der Waals surface area contributed by atoms with Gasteiger partial charge in [-0.25, -0.2) is 8.42 Å². The zero-order valence-corrected chi connectivity index (χ0v) is 16.8. The molecule has 2 amide bonds. The van der Waals surface area contributed by atoms with Crippen molar-refractivity contribution in [3.63, 3.8) is 0 Å². The van der Waals surface area contributed by atoms with E-state index >= 15 is 0 Å². The summed E-state index contributed by atoms with van der Waals surface area (Å²) in [5.74, 6) is -0.845. The second-order valence-electron chi connectivity index (χ2n) is 7.46. The van der Waals surface area contributed by atoms with Gasteiger partial charge in [-0.1, -0.05) is 25.0 Å². The number of hydrogen-bond donors (Lipinski definition) is 2. The standard InChI is InChI=1S/C20H28N2O5S/c23-19(11-13-28(25,26)16-7-1-2-8-16)22-18-10-4-3-9-17(18)20(24)21-14-15-6-5-12-27-15/h3-4,9-10,15-16H,1-2,5-8,11-14H2,(H,21,24)(H,22,23). The molecule has 1 aromatic carbocycles. The highest BCUT2D eigenvalue weighted by atomic mass is 32.2. The molecule has 1 heterocycles. The van der Waals surface area contributed by atoms with Crippen molar-refractivity contribution in [2.45, 2.75) is 56.3 Å². The average molecular weight is 409 g/mol. The Morgan fingerprint density at radius 1 is 1.07 bits per heavy atom. The molecule has 1 unspecified atom stereocenters. The molecule has 0 spiro atoms. The van der Waals surface area contributed by atoms with Crippen molar-refractivity contribution in [2.24, 2.45) is 0 Å². The maximum Gasteiger partial charge on any atom is 0.253 e. The Hall–Kier alpha value is -1.93. The van der Waals surface area contributed by atoms with Crippen molar-refractivity contribution in [3.8, 4) is 0 Å². The van der Waals surface area contributed by atoms with Gasteiger partial charge in [0.15, 0.2) is 9.84 Å². The number of carbonyl (C=O) groups excluding carboxylic acids is 2. The van der Waals surface area contributed by atoms with E-state index in [1.807, 2.05) is 0 Å². The number of amides is 2. The third-order valence-electron chi connectivity index (χ3n) is 5.38. The number of para-hydroxylation sites is 1. The van der Waals surface area contributed by atoms with Crippen LogP contribution >= 0.6 is 0 Å². The molecule has 0 radical (unpaired) electrons. The average Bonchev–Trinajstić information content (AvgIpc) is 3.39. The van der Waals surface area contributed by atoms with Crippen LogP contribution in [0.4, 0.5) is 5.69 Å². The molecule has 2 N–H and O–H groups in total. The Kier molecular flexibility index (Phi) is 7.07. The van der Waals surface area contributed by atoms with Crippen LogP contribution in [0.1, 0.15) is 55.3 Å². The van der Waals surface area contributed by atoms with Crippen molar-refractivity contribution < 1.29 is 22.7 Å². The number of carbonyl (C=O) groups is 2. The molecule has 0 bridgehead atoms. The highest BCUT2D eigenvalue weighted by Gasteiger charge is 2.29. The van der Waals surface area contributed by atoms with E-state index in [0.717, 1.165) is 32.3 Å². The van der Waals surface area contributed by atoms with Gasteiger partial charge in [0.2, 0.25) is 5.91 Å². The molecule has 8 heteroatoms. The molecule has 7 nitrogen and oxygen atoms in total. The number of nitrogens with one attached hydrogen (secondary N) is 2. The quantitative estimate of drug-likeness (QED) is 0.687. The van der Waals surface area contributed by atoms with E-state index in [-0.39, 0.29) is 29.4 Å². The van der Waals surface area contributed by atoms with Gasteiger partial charge in [-0.15, -0.1) is 0 Å². The third-order valence-corrected chi connectivity index (χ3v) is 7.64.